The van der Waals surface area contributed by atoms with Crippen molar-refractivity contribution >= 4 is 0 Å². The van der Waals surface area contributed by atoms with Crippen LogP contribution >= 0.6 is 0 Å². The largest absolute Gasteiger partial charge is 0.496 e. The summed E-state index contributed by atoms with van der Waals surface area (Å²) >= 11 is 0. The van der Waals surface area contributed by atoms with Crippen molar-refractivity contribution in [1.29, 1.82) is 0 Å². The van der Waals surface area contributed by atoms with E-state index in [-0.39, 0.29) is 0 Å². The van der Waals surface area contributed by atoms with Crippen LogP contribution in [0.3, 0.4) is 0 Å². The molecule has 1 aromatic carbocycles. The van der Waals surface area contributed by atoms with E-state index >= 15 is 0 Å². The number of hydrogen-bond acceptors (Lipinski definition) is 2. The Labute approximate surface area is 98.0 Å². The van der Waals surface area contributed by atoms with Gasteiger partial charge in [0.25, 0.3) is 0 Å². The summed E-state index contributed by atoms with van der Waals surface area (Å²) in [6.07, 6.45) is 2.31. The van der Waals surface area contributed by atoms with E-state index in [9.17, 15) is 0 Å². The van der Waals surface area contributed by atoms with Crippen LogP contribution in [0.1, 0.15) is 37.4 Å². The molecule has 2 heteroatoms. The van der Waals surface area contributed by atoms with Gasteiger partial charge in [0.1, 0.15) is 5.75 Å². The molecular weight excluding hydrogens is 198 g/mol. The van der Waals surface area contributed by atoms with Gasteiger partial charge in [0.2, 0.25) is 0 Å². The highest BCUT2D eigenvalue weighted by Gasteiger charge is 2.22. The molecule has 0 aliphatic carbocycles. The molecule has 1 heterocycles. The summed E-state index contributed by atoms with van der Waals surface area (Å²) < 4.78 is 5.47. The summed E-state index contributed by atoms with van der Waals surface area (Å²) in [6.45, 7) is 5.64. The third-order valence-electron chi connectivity index (χ3n) is 3.36. The molecule has 0 saturated carbocycles. The maximum atomic E-state index is 5.47. The fourth-order valence-corrected chi connectivity index (χ4v) is 2.56. The zero-order valence-corrected chi connectivity index (χ0v) is 10.4. The molecule has 0 fully saturated rings. The average Bonchev–Trinajstić information content (AvgIpc) is 2.50. The van der Waals surface area contributed by atoms with Crippen LogP contribution in [-0.4, -0.2) is 13.7 Å². The SMILES string of the molecule is COc1cccc2c1CCCN[C@@H]2C(C)C. The number of nitrogens with one attached hydrogen (secondary N) is 1. The lowest BCUT2D eigenvalue weighted by atomic mass is 9.91. The minimum Gasteiger partial charge on any atom is -0.496 e. The second-order valence-corrected chi connectivity index (χ2v) is 4.81. The van der Waals surface area contributed by atoms with Crippen molar-refractivity contribution in [3.63, 3.8) is 0 Å². The number of hydrogen-bond donors (Lipinski definition) is 1. The smallest absolute Gasteiger partial charge is 0.122 e. The molecule has 0 bridgehead atoms. The standard InChI is InChI=1S/C14H21NO/c1-10(2)14-12-6-4-8-13(16-3)11(12)7-5-9-15-14/h4,6,8,10,14-15H,5,7,9H2,1-3H3/t14-/m1/s1. The Balaban J connectivity index is 2.45. The summed E-state index contributed by atoms with van der Waals surface area (Å²) in [5.41, 5.74) is 2.82. The maximum absolute atomic E-state index is 5.47. The van der Waals surface area contributed by atoms with Crippen molar-refractivity contribution < 1.29 is 4.74 Å². The van der Waals surface area contributed by atoms with Crippen LogP contribution in [0.25, 0.3) is 0 Å². The van der Waals surface area contributed by atoms with E-state index in [1.54, 1.807) is 7.11 Å². The van der Waals surface area contributed by atoms with Crippen molar-refractivity contribution in [2.75, 3.05) is 13.7 Å². The third kappa shape index (κ3) is 2.07. The molecule has 2 nitrogen and oxygen atoms in total. The van der Waals surface area contributed by atoms with Crippen LogP contribution in [0.5, 0.6) is 5.75 Å². The predicted molar refractivity (Wildman–Crippen MR) is 66.9 cm³/mol. The summed E-state index contributed by atoms with van der Waals surface area (Å²) in [5, 5.41) is 3.63. The van der Waals surface area contributed by atoms with E-state index in [1.807, 2.05) is 0 Å². The Morgan fingerprint density at radius 1 is 1.38 bits per heavy atom. The van der Waals surface area contributed by atoms with Crippen LogP contribution in [0.4, 0.5) is 0 Å². The molecule has 0 spiro atoms. The lowest BCUT2D eigenvalue weighted by Gasteiger charge is -2.23. The van der Waals surface area contributed by atoms with Crippen molar-refractivity contribution in [2.45, 2.75) is 32.7 Å². The second kappa shape index (κ2) is 4.88. The Morgan fingerprint density at radius 2 is 2.19 bits per heavy atom. The van der Waals surface area contributed by atoms with Gasteiger partial charge in [-0.25, -0.2) is 0 Å². The second-order valence-electron chi connectivity index (χ2n) is 4.81. The number of methoxy groups -OCH3 is 1. The molecule has 1 aromatic rings. The molecule has 1 aliphatic rings. The molecule has 2 rings (SSSR count). The lowest BCUT2D eigenvalue weighted by Crippen LogP contribution is -2.25. The normalized spacial score (nSPS) is 20.4. The zero-order valence-electron chi connectivity index (χ0n) is 10.4. The van der Waals surface area contributed by atoms with Gasteiger partial charge < -0.3 is 10.1 Å². The van der Waals surface area contributed by atoms with Crippen LogP contribution in [0.2, 0.25) is 0 Å². The van der Waals surface area contributed by atoms with E-state index in [0.717, 1.165) is 18.7 Å². The summed E-state index contributed by atoms with van der Waals surface area (Å²) in [5.74, 6) is 1.66. The Hall–Kier alpha value is -1.02. The van der Waals surface area contributed by atoms with Gasteiger partial charge in [0.05, 0.1) is 7.11 Å². The molecular formula is C14H21NO. The van der Waals surface area contributed by atoms with E-state index in [2.05, 4.69) is 37.4 Å². The molecule has 1 atom stereocenters. The van der Waals surface area contributed by atoms with Gasteiger partial charge in [-0.3, -0.25) is 0 Å². The quantitative estimate of drug-likeness (QED) is 0.825. The highest BCUT2D eigenvalue weighted by atomic mass is 16.5. The number of rotatable bonds is 2. The number of fused-ring (bicyclic) bond motifs is 1. The Morgan fingerprint density at radius 3 is 2.88 bits per heavy atom. The Kier molecular flexibility index (Phi) is 3.49. The van der Waals surface area contributed by atoms with Crippen LogP contribution in [0, 0.1) is 5.92 Å². The molecule has 1 aliphatic heterocycles. The summed E-state index contributed by atoms with van der Waals surface area (Å²) in [7, 11) is 1.76. The molecule has 16 heavy (non-hydrogen) atoms. The summed E-state index contributed by atoms with van der Waals surface area (Å²) in [6, 6.07) is 6.87. The first-order chi connectivity index (χ1) is 7.74. The molecule has 0 unspecified atom stereocenters. The number of benzene rings is 1. The van der Waals surface area contributed by atoms with Gasteiger partial charge in [-0.2, -0.15) is 0 Å². The van der Waals surface area contributed by atoms with E-state index in [1.165, 1.54) is 17.5 Å². The molecule has 0 aromatic heterocycles. The predicted octanol–water partition coefficient (Wildman–Crippen LogP) is 2.93. The molecule has 88 valence electrons. The maximum Gasteiger partial charge on any atom is 0.122 e. The van der Waals surface area contributed by atoms with Gasteiger partial charge in [-0.05, 0) is 42.5 Å². The molecule has 1 N–H and O–H groups in total. The number of ether oxygens (including phenoxy) is 1. The third-order valence-corrected chi connectivity index (χ3v) is 3.36. The van der Waals surface area contributed by atoms with Crippen molar-refractivity contribution in [3.05, 3.63) is 29.3 Å². The van der Waals surface area contributed by atoms with E-state index < -0.39 is 0 Å². The molecule has 0 amide bonds. The van der Waals surface area contributed by atoms with Crippen molar-refractivity contribution in [3.8, 4) is 5.75 Å². The lowest BCUT2D eigenvalue weighted by molar-refractivity contribution is 0.403. The average molecular weight is 219 g/mol. The van der Waals surface area contributed by atoms with Gasteiger partial charge >= 0.3 is 0 Å². The van der Waals surface area contributed by atoms with E-state index in [0.29, 0.717) is 12.0 Å². The van der Waals surface area contributed by atoms with Crippen LogP contribution in [-0.2, 0) is 6.42 Å². The minimum atomic E-state index is 0.465. The molecule has 0 saturated heterocycles. The van der Waals surface area contributed by atoms with Crippen LogP contribution in [0.15, 0.2) is 18.2 Å². The van der Waals surface area contributed by atoms with Crippen molar-refractivity contribution in [1.82, 2.24) is 5.32 Å². The molecule has 0 radical (unpaired) electrons. The minimum absolute atomic E-state index is 0.465. The monoisotopic (exact) mass is 219 g/mol. The van der Waals surface area contributed by atoms with Gasteiger partial charge in [0.15, 0.2) is 0 Å². The van der Waals surface area contributed by atoms with E-state index in [4.69, 9.17) is 4.74 Å². The summed E-state index contributed by atoms with van der Waals surface area (Å²) in [4.78, 5) is 0. The van der Waals surface area contributed by atoms with Gasteiger partial charge in [-0.1, -0.05) is 26.0 Å². The highest BCUT2D eigenvalue weighted by Crippen LogP contribution is 2.33. The first-order valence-electron chi connectivity index (χ1n) is 6.13. The van der Waals surface area contributed by atoms with Gasteiger partial charge in [-0.15, -0.1) is 0 Å². The first-order valence-corrected chi connectivity index (χ1v) is 6.13. The first kappa shape index (κ1) is 11.5. The fraction of sp³-hybridized carbons (Fsp3) is 0.571. The zero-order chi connectivity index (χ0) is 11.5. The highest BCUT2D eigenvalue weighted by molar-refractivity contribution is 5.42. The Bertz CT molecular complexity index is 360. The topological polar surface area (TPSA) is 21.3 Å². The van der Waals surface area contributed by atoms with Crippen molar-refractivity contribution in [2.24, 2.45) is 5.92 Å². The van der Waals surface area contributed by atoms with Crippen LogP contribution < -0.4 is 10.1 Å². The fourth-order valence-electron chi connectivity index (χ4n) is 2.56. The van der Waals surface area contributed by atoms with Gasteiger partial charge in [0, 0.05) is 6.04 Å².